The largest absolute Gasteiger partial charge is 0.494 e. The van der Waals surface area contributed by atoms with Gasteiger partial charge in [0, 0.05) is 6.07 Å². The van der Waals surface area contributed by atoms with Gasteiger partial charge in [0.1, 0.15) is 16.9 Å². The average Bonchev–Trinajstić information content (AvgIpc) is 2.87. The minimum Gasteiger partial charge on any atom is -0.494 e. The number of nitrogen functional groups attached to an aromatic ring is 1. The molecule has 2 heterocycles. The third-order valence-corrected chi connectivity index (χ3v) is 2.62. The zero-order chi connectivity index (χ0) is 13.9. The molecule has 3 aromatic rings. The van der Waals surface area contributed by atoms with Crippen LogP contribution in [0, 0.1) is 0 Å². The van der Waals surface area contributed by atoms with E-state index in [2.05, 4.69) is 20.2 Å². The van der Waals surface area contributed by atoms with Crippen molar-refractivity contribution in [3.63, 3.8) is 0 Å². The number of fused-ring (bicyclic) bond motifs is 1. The first-order chi connectivity index (χ1) is 9.76. The van der Waals surface area contributed by atoms with Crippen molar-refractivity contribution in [2.45, 2.75) is 6.92 Å². The highest BCUT2D eigenvalue weighted by Crippen LogP contribution is 2.28. The van der Waals surface area contributed by atoms with Crippen LogP contribution in [0.4, 0.5) is 5.95 Å². The third-order valence-electron chi connectivity index (χ3n) is 2.62. The first-order valence-corrected chi connectivity index (χ1v) is 6.13. The van der Waals surface area contributed by atoms with E-state index in [1.807, 2.05) is 25.1 Å². The van der Waals surface area contributed by atoms with Crippen molar-refractivity contribution >= 4 is 17.0 Å². The summed E-state index contributed by atoms with van der Waals surface area (Å²) in [6.07, 6.45) is 1.59. The molecular weight excluding hydrogens is 258 g/mol. The van der Waals surface area contributed by atoms with Gasteiger partial charge in [0.15, 0.2) is 5.65 Å². The van der Waals surface area contributed by atoms with E-state index in [0.717, 1.165) is 5.75 Å². The Kier molecular flexibility index (Phi) is 3.08. The summed E-state index contributed by atoms with van der Waals surface area (Å²) < 4.78 is 11.2. The molecule has 7 nitrogen and oxygen atoms in total. The second-order valence-electron chi connectivity index (χ2n) is 4.03. The number of nitrogens with zero attached hydrogens (tertiary/aromatic N) is 3. The highest BCUT2D eigenvalue weighted by Gasteiger charge is 2.10. The quantitative estimate of drug-likeness (QED) is 0.754. The van der Waals surface area contributed by atoms with Gasteiger partial charge in [-0.3, -0.25) is 5.10 Å². The zero-order valence-electron chi connectivity index (χ0n) is 10.8. The maximum Gasteiger partial charge on any atom is 0.235 e. The topological polar surface area (TPSA) is 98.9 Å². The highest BCUT2D eigenvalue weighted by molar-refractivity contribution is 5.80. The first-order valence-electron chi connectivity index (χ1n) is 6.13. The number of rotatable bonds is 4. The molecule has 0 amide bonds. The predicted molar refractivity (Wildman–Crippen MR) is 73.8 cm³/mol. The van der Waals surface area contributed by atoms with Crippen LogP contribution in [0.2, 0.25) is 0 Å². The molecule has 0 saturated carbocycles. The number of aromatic nitrogens is 4. The Morgan fingerprint density at radius 3 is 2.95 bits per heavy atom. The fraction of sp³-hybridized carbons (Fsp3) is 0.154. The van der Waals surface area contributed by atoms with E-state index in [9.17, 15) is 0 Å². The Balaban J connectivity index is 1.96. The van der Waals surface area contributed by atoms with Crippen LogP contribution in [0.3, 0.4) is 0 Å². The molecule has 0 unspecified atom stereocenters. The smallest absolute Gasteiger partial charge is 0.235 e. The number of nitrogens with one attached hydrogen (secondary N) is 1. The Morgan fingerprint density at radius 2 is 2.10 bits per heavy atom. The van der Waals surface area contributed by atoms with Gasteiger partial charge in [0.2, 0.25) is 11.8 Å². The van der Waals surface area contributed by atoms with Gasteiger partial charge < -0.3 is 15.2 Å². The van der Waals surface area contributed by atoms with Gasteiger partial charge in [-0.1, -0.05) is 6.07 Å². The van der Waals surface area contributed by atoms with Gasteiger partial charge in [0.25, 0.3) is 0 Å². The Morgan fingerprint density at radius 1 is 1.25 bits per heavy atom. The van der Waals surface area contributed by atoms with E-state index >= 15 is 0 Å². The SMILES string of the molecule is CCOc1cccc(Oc2nc(N)nc3[nH]ncc23)c1. The van der Waals surface area contributed by atoms with Crippen LogP contribution in [0.15, 0.2) is 30.5 Å². The molecule has 2 aromatic heterocycles. The van der Waals surface area contributed by atoms with Crippen molar-refractivity contribution in [3.8, 4) is 17.4 Å². The maximum atomic E-state index is 5.75. The standard InChI is InChI=1S/C13H13N5O2/c1-2-19-8-4-3-5-9(6-8)20-12-10-7-15-18-11(10)16-13(14)17-12/h3-7H,2H2,1H3,(H3,14,15,16,17,18). The summed E-state index contributed by atoms with van der Waals surface area (Å²) in [6.45, 7) is 2.52. The van der Waals surface area contributed by atoms with Gasteiger partial charge in [0.05, 0.1) is 12.8 Å². The summed E-state index contributed by atoms with van der Waals surface area (Å²) >= 11 is 0. The lowest BCUT2D eigenvalue weighted by molar-refractivity contribution is 0.338. The molecule has 3 N–H and O–H groups in total. The monoisotopic (exact) mass is 271 g/mol. The van der Waals surface area contributed by atoms with Gasteiger partial charge in [-0.15, -0.1) is 0 Å². The number of H-pyrrole nitrogens is 1. The zero-order valence-corrected chi connectivity index (χ0v) is 10.8. The molecule has 0 atom stereocenters. The lowest BCUT2D eigenvalue weighted by Crippen LogP contribution is -1.98. The number of hydrogen-bond donors (Lipinski definition) is 2. The molecule has 1 aromatic carbocycles. The molecular formula is C13H13N5O2. The first kappa shape index (κ1) is 12.2. The molecule has 0 spiro atoms. The van der Waals surface area contributed by atoms with Gasteiger partial charge in [-0.2, -0.15) is 15.1 Å². The Bertz CT molecular complexity index is 740. The number of ether oxygens (including phenoxy) is 2. The van der Waals surface area contributed by atoms with Gasteiger partial charge in [-0.25, -0.2) is 0 Å². The second-order valence-corrected chi connectivity index (χ2v) is 4.03. The molecule has 7 heteroatoms. The van der Waals surface area contributed by atoms with Crippen LogP contribution in [0.25, 0.3) is 11.0 Å². The van der Waals surface area contributed by atoms with E-state index in [0.29, 0.717) is 29.3 Å². The normalized spacial score (nSPS) is 10.7. The van der Waals surface area contributed by atoms with Crippen molar-refractivity contribution in [2.75, 3.05) is 12.3 Å². The molecule has 0 bridgehead atoms. The number of benzene rings is 1. The molecule has 0 fully saturated rings. The summed E-state index contributed by atoms with van der Waals surface area (Å²) in [6, 6.07) is 7.30. The second kappa shape index (κ2) is 5.04. The minimum absolute atomic E-state index is 0.123. The van der Waals surface area contributed by atoms with E-state index in [1.54, 1.807) is 12.3 Å². The lowest BCUT2D eigenvalue weighted by atomic mass is 10.3. The fourth-order valence-corrected chi connectivity index (χ4v) is 1.81. The van der Waals surface area contributed by atoms with Crippen LogP contribution in [0.1, 0.15) is 6.92 Å². The maximum absolute atomic E-state index is 5.75. The molecule has 0 aliphatic rings. The van der Waals surface area contributed by atoms with Crippen LogP contribution in [-0.4, -0.2) is 26.8 Å². The van der Waals surface area contributed by atoms with E-state index < -0.39 is 0 Å². The van der Waals surface area contributed by atoms with E-state index in [4.69, 9.17) is 15.2 Å². The number of nitrogens with two attached hydrogens (primary N) is 1. The van der Waals surface area contributed by atoms with Crippen LogP contribution >= 0.6 is 0 Å². The highest BCUT2D eigenvalue weighted by atomic mass is 16.5. The molecule has 0 saturated heterocycles. The summed E-state index contributed by atoms with van der Waals surface area (Å²) in [5, 5.41) is 7.30. The summed E-state index contributed by atoms with van der Waals surface area (Å²) in [5.41, 5.74) is 6.18. The van der Waals surface area contributed by atoms with Crippen LogP contribution < -0.4 is 15.2 Å². The third kappa shape index (κ3) is 2.33. The molecule has 3 rings (SSSR count). The van der Waals surface area contributed by atoms with Crippen LogP contribution in [0.5, 0.6) is 17.4 Å². The average molecular weight is 271 g/mol. The van der Waals surface area contributed by atoms with Crippen LogP contribution in [-0.2, 0) is 0 Å². The Labute approximate surface area is 114 Å². The molecule has 0 aliphatic carbocycles. The summed E-state index contributed by atoms with van der Waals surface area (Å²) in [4.78, 5) is 8.12. The van der Waals surface area contributed by atoms with Gasteiger partial charge in [-0.05, 0) is 19.1 Å². The van der Waals surface area contributed by atoms with Crippen molar-refractivity contribution in [1.29, 1.82) is 0 Å². The Hall–Kier alpha value is -2.83. The van der Waals surface area contributed by atoms with Crippen molar-refractivity contribution in [3.05, 3.63) is 30.5 Å². The van der Waals surface area contributed by atoms with Crippen molar-refractivity contribution < 1.29 is 9.47 Å². The minimum atomic E-state index is 0.123. The summed E-state index contributed by atoms with van der Waals surface area (Å²) in [5.74, 6) is 1.82. The fourth-order valence-electron chi connectivity index (χ4n) is 1.81. The van der Waals surface area contributed by atoms with E-state index in [1.165, 1.54) is 0 Å². The number of aromatic amines is 1. The number of anilines is 1. The molecule has 0 aliphatic heterocycles. The lowest BCUT2D eigenvalue weighted by Gasteiger charge is -2.08. The molecule has 0 radical (unpaired) electrons. The molecule has 20 heavy (non-hydrogen) atoms. The number of hydrogen-bond acceptors (Lipinski definition) is 6. The van der Waals surface area contributed by atoms with Crippen molar-refractivity contribution in [2.24, 2.45) is 0 Å². The summed E-state index contributed by atoms with van der Waals surface area (Å²) in [7, 11) is 0. The van der Waals surface area contributed by atoms with Crippen molar-refractivity contribution in [1.82, 2.24) is 20.2 Å². The van der Waals surface area contributed by atoms with Gasteiger partial charge >= 0.3 is 0 Å². The van der Waals surface area contributed by atoms with E-state index in [-0.39, 0.29) is 5.95 Å². The predicted octanol–water partition coefficient (Wildman–Crippen LogP) is 2.13. The molecule has 102 valence electrons.